The number of aromatic nitrogens is 4. The topological polar surface area (TPSA) is 161 Å². The van der Waals surface area contributed by atoms with Crippen LogP contribution in [0.5, 0.6) is 11.5 Å². The van der Waals surface area contributed by atoms with Gasteiger partial charge in [0.05, 0.1) is 29.4 Å². The lowest BCUT2D eigenvalue weighted by Crippen LogP contribution is -2.49. The molecule has 0 bridgehead atoms. The maximum atomic E-state index is 14.7. The van der Waals surface area contributed by atoms with Gasteiger partial charge in [-0.25, -0.2) is 9.49 Å². The number of nitrogens with one attached hydrogen (secondary N) is 4. The normalized spacial score (nSPS) is 18.0. The Kier molecular flexibility index (Phi) is 13.3. The van der Waals surface area contributed by atoms with E-state index in [1.54, 1.807) is 24.4 Å². The second kappa shape index (κ2) is 19.5. The van der Waals surface area contributed by atoms with Crippen LogP contribution in [0.2, 0.25) is 0 Å². The highest BCUT2D eigenvalue weighted by molar-refractivity contribution is 5.94. The number of hydrogen-bond donors (Lipinski definition) is 4. The number of halogens is 1. The summed E-state index contributed by atoms with van der Waals surface area (Å²) in [5.41, 5.74) is 2.23. The molecule has 2 aromatic heterocycles. The molecule has 314 valence electrons. The maximum Gasteiger partial charge on any atom is 0.272 e. The van der Waals surface area contributed by atoms with E-state index in [1.807, 2.05) is 24.3 Å². The van der Waals surface area contributed by atoms with Crippen LogP contribution in [0.25, 0.3) is 10.8 Å². The van der Waals surface area contributed by atoms with Crippen LogP contribution in [0.4, 0.5) is 10.2 Å². The molecule has 3 aliphatic heterocycles. The monoisotopic (exact) mass is 816 g/mol. The fraction of sp³-hybridized carbons (Fsp3) is 0.422. The number of benzene rings is 3. The SMILES string of the molecule is O=C(CN1CCC(CN2CCN(c3cc(Oc4cccc(C5CCCNC5)c4)cnn3)CC2)CC1)NCCNC(=O)c1cc(Cc2n[nH]c(=O)c3ccccc23)ccc1F. The van der Waals surface area contributed by atoms with Crippen LogP contribution < -0.4 is 31.1 Å². The van der Waals surface area contributed by atoms with Crippen molar-refractivity contribution in [3.8, 4) is 11.5 Å². The number of fused-ring (bicyclic) bond motifs is 1. The molecule has 14 nitrogen and oxygen atoms in total. The van der Waals surface area contributed by atoms with E-state index in [2.05, 4.69) is 69.2 Å². The van der Waals surface area contributed by atoms with Crippen molar-refractivity contribution < 1.29 is 18.7 Å². The highest BCUT2D eigenvalue weighted by Gasteiger charge is 2.26. The first kappa shape index (κ1) is 41.0. The van der Waals surface area contributed by atoms with Crippen LogP contribution >= 0.6 is 0 Å². The van der Waals surface area contributed by atoms with Gasteiger partial charge in [0, 0.05) is 70.2 Å². The van der Waals surface area contributed by atoms with Gasteiger partial charge in [0.15, 0.2) is 11.6 Å². The Morgan fingerprint density at radius 1 is 0.850 bits per heavy atom. The predicted octanol–water partition coefficient (Wildman–Crippen LogP) is 4.08. The van der Waals surface area contributed by atoms with E-state index in [0.717, 1.165) is 83.3 Å². The van der Waals surface area contributed by atoms with Crippen LogP contribution in [-0.2, 0) is 11.2 Å². The third-order valence-electron chi connectivity index (χ3n) is 11.9. The highest BCUT2D eigenvalue weighted by atomic mass is 19.1. The zero-order valence-corrected chi connectivity index (χ0v) is 33.9. The molecule has 3 saturated heterocycles. The Balaban J connectivity index is 0.718. The van der Waals surface area contributed by atoms with Gasteiger partial charge in [-0.05, 0) is 98.6 Å². The number of amides is 2. The molecule has 15 heteroatoms. The van der Waals surface area contributed by atoms with Gasteiger partial charge >= 0.3 is 0 Å². The Hall–Kier alpha value is -5.77. The van der Waals surface area contributed by atoms with E-state index in [1.165, 1.54) is 30.5 Å². The lowest BCUT2D eigenvalue weighted by molar-refractivity contribution is -0.122. The van der Waals surface area contributed by atoms with Crippen molar-refractivity contribution in [1.29, 1.82) is 0 Å². The molecule has 4 N–H and O–H groups in total. The molecule has 1 unspecified atom stereocenters. The standard InChI is InChI=1S/C45H53FN10O4/c46-40-11-10-32(24-41-37-8-1-2-9-38(37)45(59)53-51-41)23-39(40)44(58)49-16-15-48-43(57)30-54-17-12-31(13-18-54)29-55-19-21-56(22-20-55)42-26-36(28-50-52-42)60-35-7-3-5-33(25-35)34-6-4-14-47-27-34/h1-3,5,7-11,23,25-26,28,31,34,47H,4,6,12-22,24,27,29-30H2,(H,48,57)(H,49,58)(H,53,59). The van der Waals surface area contributed by atoms with Crippen molar-refractivity contribution >= 4 is 28.4 Å². The van der Waals surface area contributed by atoms with E-state index in [0.29, 0.717) is 52.6 Å². The Morgan fingerprint density at radius 2 is 1.67 bits per heavy atom. The average Bonchev–Trinajstić information content (AvgIpc) is 3.28. The number of carbonyl (C=O) groups excluding carboxylic acids is 2. The maximum absolute atomic E-state index is 14.7. The average molecular weight is 817 g/mol. The van der Waals surface area contributed by atoms with Crippen molar-refractivity contribution in [3.05, 3.63) is 118 Å². The Labute approximate surface area is 348 Å². The van der Waals surface area contributed by atoms with Gasteiger partial charge in [-0.1, -0.05) is 36.4 Å². The fourth-order valence-corrected chi connectivity index (χ4v) is 8.59. The molecule has 0 radical (unpaired) electrons. The Bertz CT molecular complexity index is 2320. The number of piperidine rings is 2. The molecule has 8 rings (SSSR count). The summed E-state index contributed by atoms with van der Waals surface area (Å²) in [7, 11) is 0. The molecule has 3 fully saturated rings. The Morgan fingerprint density at radius 3 is 2.48 bits per heavy atom. The summed E-state index contributed by atoms with van der Waals surface area (Å²) in [5.74, 6) is 2.13. The number of anilines is 1. The van der Waals surface area contributed by atoms with Crippen LogP contribution in [0.15, 0.2) is 83.8 Å². The van der Waals surface area contributed by atoms with E-state index in [9.17, 15) is 18.8 Å². The molecule has 0 spiro atoms. The first-order valence-corrected chi connectivity index (χ1v) is 21.1. The molecule has 3 aliphatic rings. The molecule has 60 heavy (non-hydrogen) atoms. The molecule has 1 atom stereocenters. The van der Waals surface area contributed by atoms with Crippen LogP contribution in [0.3, 0.4) is 0 Å². The van der Waals surface area contributed by atoms with Crippen molar-refractivity contribution in [2.24, 2.45) is 5.92 Å². The second-order valence-corrected chi connectivity index (χ2v) is 16.1. The first-order chi connectivity index (χ1) is 29.3. The molecular weight excluding hydrogens is 764 g/mol. The third-order valence-corrected chi connectivity index (χ3v) is 11.9. The molecule has 0 aliphatic carbocycles. The lowest BCUT2D eigenvalue weighted by Gasteiger charge is -2.39. The minimum absolute atomic E-state index is 0.0907. The van der Waals surface area contributed by atoms with Crippen LogP contribution in [0, 0.1) is 11.7 Å². The predicted molar refractivity (Wildman–Crippen MR) is 228 cm³/mol. The quantitative estimate of drug-likeness (QED) is 0.120. The van der Waals surface area contributed by atoms with Gasteiger partial charge in [0.1, 0.15) is 11.6 Å². The zero-order valence-electron chi connectivity index (χ0n) is 33.9. The summed E-state index contributed by atoms with van der Waals surface area (Å²) in [6, 6.07) is 21.9. The summed E-state index contributed by atoms with van der Waals surface area (Å²) < 4.78 is 21.0. The first-order valence-electron chi connectivity index (χ1n) is 21.1. The minimum atomic E-state index is -0.642. The number of ether oxygens (including phenoxy) is 1. The zero-order chi connectivity index (χ0) is 41.3. The van der Waals surface area contributed by atoms with Crippen LogP contribution in [0.1, 0.15) is 58.8 Å². The van der Waals surface area contributed by atoms with Crippen molar-refractivity contribution in [3.63, 3.8) is 0 Å². The van der Waals surface area contributed by atoms with Gasteiger partial charge in [-0.2, -0.15) is 10.2 Å². The van der Waals surface area contributed by atoms with E-state index in [4.69, 9.17) is 4.74 Å². The summed E-state index contributed by atoms with van der Waals surface area (Å²) in [4.78, 5) is 44.8. The number of piperazine rings is 1. The number of nitrogens with zero attached hydrogens (tertiary/aromatic N) is 6. The van der Waals surface area contributed by atoms with Crippen molar-refractivity contribution in [1.82, 2.24) is 46.1 Å². The number of hydrogen-bond acceptors (Lipinski definition) is 11. The fourth-order valence-electron chi connectivity index (χ4n) is 8.59. The molecule has 0 saturated carbocycles. The summed E-state index contributed by atoms with van der Waals surface area (Å²) in [6.45, 7) is 9.20. The smallest absolute Gasteiger partial charge is 0.272 e. The van der Waals surface area contributed by atoms with Crippen molar-refractivity contribution in [2.75, 3.05) is 83.4 Å². The van der Waals surface area contributed by atoms with Gasteiger partial charge in [-0.15, -0.1) is 5.10 Å². The van der Waals surface area contributed by atoms with E-state index < -0.39 is 11.7 Å². The van der Waals surface area contributed by atoms with Gasteiger partial charge < -0.3 is 25.6 Å². The summed E-state index contributed by atoms with van der Waals surface area (Å²) in [6.07, 6.45) is 6.44. The van der Waals surface area contributed by atoms with E-state index >= 15 is 0 Å². The van der Waals surface area contributed by atoms with Gasteiger partial charge in [-0.3, -0.25) is 24.2 Å². The third kappa shape index (κ3) is 10.5. The van der Waals surface area contributed by atoms with Gasteiger partial charge in [0.25, 0.3) is 11.5 Å². The summed E-state index contributed by atoms with van der Waals surface area (Å²) in [5, 5.41) is 25.7. The highest BCUT2D eigenvalue weighted by Crippen LogP contribution is 2.30. The summed E-state index contributed by atoms with van der Waals surface area (Å²) >= 11 is 0. The number of aromatic amines is 1. The molecule has 5 aromatic rings. The van der Waals surface area contributed by atoms with E-state index in [-0.39, 0.29) is 30.1 Å². The number of carbonyl (C=O) groups is 2. The lowest BCUT2D eigenvalue weighted by atomic mass is 9.92. The van der Waals surface area contributed by atoms with Gasteiger partial charge in [0.2, 0.25) is 5.91 Å². The largest absolute Gasteiger partial charge is 0.456 e. The number of H-pyrrole nitrogens is 1. The number of rotatable bonds is 14. The second-order valence-electron chi connectivity index (χ2n) is 16.1. The molecule has 5 heterocycles. The minimum Gasteiger partial charge on any atom is -0.456 e. The molecule has 3 aromatic carbocycles. The van der Waals surface area contributed by atoms with Crippen molar-refractivity contribution in [2.45, 2.75) is 38.0 Å². The molecular formula is C45H53FN10O4. The number of likely N-dealkylation sites (tertiary alicyclic amines) is 1. The molecule has 2 amide bonds. The van der Waals surface area contributed by atoms with Crippen LogP contribution in [-0.4, -0.2) is 121 Å².